The number of nitrogens with two attached hydrogens (primary N) is 1. The molecule has 0 unspecified atom stereocenters. The maximum absolute atomic E-state index is 11.5. The van der Waals surface area contributed by atoms with E-state index in [4.69, 9.17) is 19.7 Å². The van der Waals surface area contributed by atoms with E-state index in [-0.39, 0.29) is 5.69 Å². The third-order valence-corrected chi connectivity index (χ3v) is 2.80. The van der Waals surface area contributed by atoms with Gasteiger partial charge >= 0.3 is 0 Å². The summed E-state index contributed by atoms with van der Waals surface area (Å²) in [6.45, 7) is 0. The van der Waals surface area contributed by atoms with Gasteiger partial charge in [0.05, 0.1) is 14.2 Å². The molecule has 20 heavy (non-hydrogen) atoms. The number of benzene rings is 1. The van der Waals surface area contributed by atoms with Crippen molar-refractivity contribution >= 4 is 5.91 Å². The van der Waals surface area contributed by atoms with Gasteiger partial charge in [-0.3, -0.25) is 10.2 Å². The van der Waals surface area contributed by atoms with Gasteiger partial charge in [-0.1, -0.05) is 6.07 Å². The number of hydrogen-bond donors (Lipinski definition) is 2. The van der Waals surface area contributed by atoms with Gasteiger partial charge in [0.25, 0.3) is 5.91 Å². The average Bonchev–Trinajstić information content (AvgIpc) is 2.94. The number of nitrogens with one attached hydrogen (secondary N) is 1. The number of carbonyl (C=O) groups is 1. The first-order chi connectivity index (χ1) is 9.69. The van der Waals surface area contributed by atoms with Crippen LogP contribution in [0.15, 0.2) is 29.0 Å². The molecular formula is C13H15N3O4. The van der Waals surface area contributed by atoms with Crippen molar-refractivity contribution < 1.29 is 18.7 Å². The fraction of sp³-hybridized carbons (Fsp3) is 0.231. The zero-order valence-electron chi connectivity index (χ0n) is 11.2. The Morgan fingerprint density at radius 1 is 1.35 bits per heavy atom. The van der Waals surface area contributed by atoms with Gasteiger partial charge < -0.3 is 13.9 Å². The summed E-state index contributed by atoms with van der Waals surface area (Å²) in [6, 6.07) is 5.45. The monoisotopic (exact) mass is 277 g/mol. The number of oxazole rings is 1. The zero-order chi connectivity index (χ0) is 14.5. The van der Waals surface area contributed by atoms with Crippen molar-refractivity contribution in [2.75, 3.05) is 14.2 Å². The first-order valence-electron chi connectivity index (χ1n) is 5.83. The van der Waals surface area contributed by atoms with Crippen molar-refractivity contribution in [2.24, 2.45) is 5.84 Å². The molecule has 0 aliphatic heterocycles. The lowest BCUT2D eigenvalue weighted by atomic mass is 10.1. The summed E-state index contributed by atoms with van der Waals surface area (Å²) in [5, 5.41) is 0. The number of amides is 1. The molecule has 0 saturated heterocycles. The second-order valence-electron chi connectivity index (χ2n) is 3.96. The number of nitrogens with zero attached hydrogens (tertiary/aromatic N) is 1. The van der Waals surface area contributed by atoms with Gasteiger partial charge in [0.1, 0.15) is 5.76 Å². The Morgan fingerprint density at radius 3 is 2.75 bits per heavy atom. The highest BCUT2D eigenvalue weighted by Gasteiger charge is 2.16. The van der Waals surface area contributed by atoms with E-state index in [0.29, 0.717) is 23.7 Å². The molecule has 7 nitrogen and oxygen atoms in total. The second-order valence-corrected chi connectivity index (χ2v) is 3.96. The molecule has 0 fully saturated rings. The normalized spacial score (nSPS) is 10.2. The fourth-order valence-electron chi connectivity index (χ4n) is 1.83. The van der Waals surface area contributed by atoms with Crippen LogP contribution in [0.25, 0.3) is 0 Å². The minimum atomic E-state index is -0.491. The molecule has 1 aromatic heterocycles. The molecule has 0 radical (unpaired) electrons. The Kier molecular flexibility index (Phi) is 4.21. The van der Waals surface area contributed by atoms with Crippen LogP contribution in [0.4, 0.5) is 0 Å². The standard InChI is InChI=1S/C13H15N3O4/c1-18-9-4-3-8(5-10(9)19-2)6-11-12(13(17)16-14)15-7-20-11/h3-5,7H,6,14H2,1-2H3,(H,16,17). The van der Waals surface area contributed by atoms with Crippen molar-refractivity contribution in [3.63, 3.8) is 0 Å². The number of carbonyl (C=O) groups excluding carboxylic acids is 1. The van der Waals surface area contributed by atoms with E-state index in [0.717, 1.165) is 5.56 Å². The molecule has 0 saturated carbocycles. The van der Waals surface area contributed by atoms with Gasteiger partial charge in [-0.15, -0.1) is 0 Å². The van der Waals surface area contributed by atoms with Gasteiger partial charge in [-0.25, -0.2) is 10.8 Å². The minimum absolute atomic E-state index is 0.169. The predicted molar refractivity (Wildman–Crippen MR) is 70.5 cm³/mol. The Bertz CT molecular complexity index is 609. The Hall–Kier alpha value is -2.54. The molecule has 1 aromatic carbocycles. The van der Waals surface area contributed by atoms with E-state index in [2.05, 4.69) is 4.98 Å². The molecule has 1 amide bonds. The van der Waals surface area contributed by atoms with E-state index < -0.39 is 5.91 Å². The van der Waals surface area contributed by atoms with E-state index in [1.54, 1.807) is 20.3 Å². The predicted octanol–water partition coefficient (Wildman–Crippen LogP) is 0.886. The molecule has 0 atom stereocenters. The van der Waals surface area contributed by atoms with E-state index in [1.807, 2.05) is 17.6 Å². The first kappa shape index (κ1) is 13.9. The van der Waals surface area contributed by atoms with Crippen molar-refractivity contribution in [3.8, 4) is 11.5 Å². The third kappa shape index (κ3) is 2.72. The molecule has 2 rings (SSSR count). The number of hydrazine groups is 1. The number of ether oxygens (including phenoxy) is 2. The van der Waals surface area contributed by atoms with Crippen LogP contribution in [-0.2, 0) is 6.42 Å². The number of hydrogen-bond acceptors (Lipinski definition) is 6. The SMILES string of the molecule is COc1ccc(Cc2ocnc2C(=O)NN)cc1OC. The van der Waals surface area contributed by atoms with Crippen LogP contribution in [0.2, 0.25) is 0 Å². The quantitative estimate of drug-likeness (QED) is 0.478. The Labute approximate surface area is 115 Å². The van der Waals surface area contributed by atoms with Gasteiger partial charge in [-0.05, 0) is 17.7 Å². The molecule has 3 N–H and O–H groups in total. The van der Waals surface area contributed by atoms with E-state index in [1.165, 1.54) is 6.39 Å². The van der Waals surface area contributed by atoms with E-state index in [9.17, 15) is 4.79 Å². The summed E-state index contributed by atoms with van der Waals surface area (Å²) < 4.78 is 15.6. The lowest BCUT2D eigenvalue weighted by molar-refractivity contribution is 0.0947. The first-order valence-corrected chi connectivity index (χ1v) is 5.83. The fourth-order valence-corrected chi connectivity index (χ4v) is 1.83. The largest absolute Gasteiger partial charge is 0.493 e. The van der Waals surface area contributed by atoms with Crippen LogP contribution in [0, 0.1) is 0 Å². The number of rotatable bonds is 5. The van der Waals surface area contributed by atoms with Crippen LogP contribution >= 0.6 is 0 Å². The Balaban J connectivity index is 2.26. The van der Waals surface area contributed by atoms with Crippen molar-refractivity contribution in [3.05, 3.63) is 41.6 Å². The van der Waals surface area contributed by atoms with Crippen LogP contribution in [0.1, 0.15) is 21.8 Å². The molecule has 106 valence electrons. The third-order valence-electron chi connectivity index (χ3n) is 2.80. The maximum Gasteiger partial charge on any atom is 0.287 e. The van der Waals surface area contributed by atoms with Crippen molar-refractivity contribution in [1.29, 1.82) is 0 Å². The highest BCUT2D eigenvalue weighted by Crippen LogP contribution is 2.28. The van der Waals surface area contributed by atoms with Gasteiger partial charge in [-0.2, -0.15) is 0 Å². The van der Waals surface area contributed by atoms with Crippen molar-refractivity contribution in [2.45, 2.75) is 6.42 Å². The van der Waals surface area contributed by atoms with Gasteiger partial charge in [0.2, 0.25) is 0 Å². The van der Waals surface area contributed by atoms with Crippen LogP contribution < -0.4 is 20.7 Å². The second kappa shape index (κ2) is 6.07. The topological polar surface area (TPSA) is 99.6 Å². The molecule has 1 heterocycles. The molecule has 2 aromatic rings. The highest BCUT2D eigenvalue weighted by atomic mass is 16.5. The molecular weight excluding hydrogens is 262 g/mol. The van der Waals surface area contributed by atoms with Crippen molar-refractivity contribution in [1.82, 2.24) is 10.4 Å². The summed E-state index contributed by atoms with van der Waals surface area (Å²) in [5.41, 5.74) is 3.09. The zero-order valence-corrected chi connectivity index (χ0v) is 11.2. The number of methoxy groups -OCH3 is 2. The average molecular weight is 277 g/mol. The summed E-state index contributed by atoms with van der Waals surface area (Å²) in [4.78, 5) is 15.4. The molecule has 0 spiro atoms. The molecule has 0 bridgehead atoms. The van der Waals surface area contributed by atoms with Gasteiger partial charge in [0, 0.05) is 6.42 Å². The molecule has 7 heteroatoms. The van der Waals surface area contributed by atoms with Crippen LogP contribution in [-0.4, -0.2) is 25.1 Å². The van der Waals surface area contributed by atoms with Crippen LogP contribution in [0.3, 0.4) is 0 Å². The highest BCUT2D eigenvalue weighted by molar-refractivity contribution is 5.92. The lowest BCUT2D eigenvalue weighted by Crippen LogP contribution is -2.31. The summed E-state index contributed by atoms with van der Waals surface area (Å²) >= 11 is 0. The number of nitrogen functional groups attached to an aromatic ring is 1. The van der Waals surface area contributed by atoms with Crippen LogP contribution in [0.5, 0.6) is 11.5 Å². The summed E-state index contributed by atoms with van der Waals surface area (Å²) in [6.07, 6.45) is 1.60. The lowest BCUT2D eigenvalue weighted by Gasteiger charge is -2.09. The summed E-state index contributed by atoms with van der Waals surface area (Å²) in [5.74, 6) is 6.27. The minimum Gasteiger partial charge on any atom is -0.493 e. The summed E-state index contributed by atoms with van der Waals surface area (Å²) in [7, 11) is 3.13. The molecule has 0 aliphatic rings. The Morgan fingerprint density at radius 2 is 2.10 bits per heavy atom. The van der Waals surface area contributed by atoms with Gasteiger partial charge in [0.15, 0.2) is 23.6 Å². The maximum atomic E-state index is 11.5. The van der Waals surface area contributed by atoms with E-state index >= 15 is 0 Å². The smallest absolute Gasteiger partial charge is 0.287 e. The number of aromatic nitrogens is 1. The molecule has 0 aliphatic carbocycles.